The molecule has 0 aliphatic heterocycles. The van der Waals surface area contributed by atoms with Gasteiger partial charge in [-0.05, 0) is 59.6 Å². The van der Waals surface area contributed by atoms with Crippen molar-refractivity contribution in [3.63, 3.8) is 0 Å². The molecule has 0 unspecified atom stereocenters. The van der Waals surface area contributed by atoms with Crippen LogP contribution in [0.4, 0.5) is 5.69 Å². The van der Waals surface area contributed by atoms with Gasteiger partial charge in [-0.2, -0.15) is 0 Å². The van der Waals surface area contributed by atoms with Crippen LogP contribution in [-0.2, 0) is 4.74 Å². The van der Waals surface area contributed by atoms with Crippen LogP contribution >= 0.6 is 15.9 Å². The Bertz CT molecular complexity index is 720. The van der Waals surface area contributed by atoms with Crippen molar-refractivity contribution in [1.82, 2.24) is 0 Å². The molecule has 0 fully saturated rings. The zero-order valence-electron chi connectivity index (χ0n) is 12.5. The number of non-ortho nitro benzene ring substituents is 1. The molecule has 0 spiro atoms. The third-order valence-corrected chi connectivity index (χ3v) is 3.60. The van der Waals surface area contributed by atoms with Gasteiger partial charge in [-0.1, -0.05) is 0 Å². The standard InChI is InChI=1S/C16H14BrNO5/c1-3-22-16(19)11-4-6-13(7-5-11)23-15-10(2)8-12(18(20)21)9-14(15)17/h4-9H,3H2,1-2H3. The molecule has 23 heavy (non-hydrogen) atoms. The highest BCUT2D eigenvalue weighted by Gasteiger charge is 2.15. The van der Waals surface area contributed by atoms with Crippen molar-refractivity contribution < 1.29 is 19.2 Å². The van der Waals surface area contributed by atoms with Crippen LogP contribution < -0.4 is 4.74 Å². The molecule has 2 aromatic rings. The van der Waals surface area contributed by atoms with E-state index in [2.05, 4.69) is 15.9 Å². The zero-order chi connectivity index (χ0) is 17.0. The average Bonchev–Trinajstić information content (AvgIpc) is 2.51. The fourth-order valence-electron chi connectivity index (χ4n) is 1.94. The van der Waals surface area contributed by atoms with Crippen LogP contribution in [0.15, 0.2) is 40.9 Å². The van der Waals surface area contributed by atoms with Gasteiger partial charge in [0.05, 0.1) is 21.6 Å². The number of benzene rings is 2. The van der Waals surface area contributed by atoms with Crippen molar-refractivity contribution in [3.05, 3.63) is 62.1 Å². The van der Waals surface area contributed by atoms with E-state index in [0.29, 0.717) is 33.7 Å². The summed E-state index contributed by atoms with van der Waals surface area (Å²) in [5.41, 5.74) is 1.04. The third-order valence-electron chi connectivity index (χ3n) is 3.01. The number of carbonyl (C=O) groups excluding carboxylic acids is 1. The second-order valence-electron chi connectivity index (χ2n) is 4.68. The molecule has 2 rings (SSSR count). The highest BCUT2D eigenvalue weighted by Crippen LogP contribution is 2.36. The fourth-order valence-corrected chi connectivity index (χ4v) is 2.57. The van der Waals surface area contributed by atoms with E-state index in [4.69, 9.17) is 9.47 Å². The molecule has 0 aliphatic rings. The lowest BCUT2D eigenvalue weighted by Gasteiger charge is -2.11. The molecular weight excluding hydrogens is 366 g/mol. The van der Waals surface area contributed by atoms with Gasteiger partial charge in [0.1, 0.15) is 11.5 Å². The number of rotatable bonds is 5. The van der Waals surface area contributed by atoms with Crippen molar-refractivity contribution in [1.29, 1.82) is 0 Å². The number of esters is 1. The van der Waals surface area contributed by atoms with Gasteiger partial charge in [-0.25, -0.2) is 4.79 Å². The number of ether oxygens (including phenoxy) is 2. The number of nitrogens with zero attached hydrogens (tertiary/aromatic N) is 1. The Kier molecular flexibility index (Phi) is 5.33. The molecule has 0 saturated heterocycles. The summed E-state index contributed by atoms with van der Waals surface area (Å²) >= 11 is 3.28. The van der Waals surface area contributed by atoms with E-state index >= 15 is 0 Å². The topological polar surface area (TPSA) is 78.7 Å². The highest BCUT2D eigenvalue weighted by molar-refractivity contribution is 9.10. The van der Waals surface area contributed by atoms with E-state index in [-0.39, 0.29) is 5.69 Å². The molecule has 0 radical (unpaired) electrons. The van der Waals surface area contributed by atoms with Gasteiger partial charge in [0.15, 0.2) is 0 Å². The summed E-state index contributed by atoms with van der Waals surface area (Å²) in [6.45, 7) is 3.77. The van der Waals surface area contributed by atoms with Crippen LogP contribution in [0, 0.1) is 17.0 Å². The summed E-state index contributed by atoms with van der Waals surface area (Å²) in [5.74, 6) is 0.599. The summed E-state index contributed by atoms with van der Waals surface area (Å²) < 4.78 is 11.1. The maximum absolute atomic E-state index is 11.6. The predicted molar refractivity (Wildman–Crippen MR) is 88.0 cm³/mol. The monoisotopic (exact) mass is 379 g/mol. The largest absolute Gasteiger partial charge is 0.462 e. The minimum absolute atomic E-state index is 0.0145. The van der Waals surface area contributed by atoms with Gasteiger partial charge in [-0.3, -0.25) is 10.1 Å². The van der Waals surface area contributed by atoms with Gasteiger partial charge < -0.3 is 9.47 Å². The number of halogens is 1. The van der Waals surface area contributed by atoms with E-state index in [1.54, 1.807) is 38.1 Å². The lowest BCUT2D eigenvalue weighted by Crippen LogP contribution is -2.04. The molecule has 0 atom stereocenters. The quantitative estimate of drug-likeness (QED) is 0.429. The number of hydrogen-bond donors (Lipinski definition) is 0. The van der Waals surface area contributed by atoms with Crippen molar-refractivity contribution in [2.75, 3.05) is 6.61 Å². The van der Waals surface area contributed by atoms with Crippen LogP contribution in [0.5, 0.6) is 11.5 Å². The van der Waals surface area contributed by atoms with Crippen LogP contribution in [0.25, 0.3) is 0 Å². The highest BCUT2D eigenvalue weighted by atomic mass is 79.9. The summed E-state index contributed by atoms with van der Waals surface area (Å²) in [7, 11) is 0. The van der Waals surface area contributed by atoms with Crippen LogP contribution in [0.1, 0.15) is 22.8 Å². The summed E-state index contributed by atoms with van der Waals surface area (Å²) in [4.78, 5) is 22.0. The molecule has 6 nitrogen and oxygen atoms in total. The Morgan fingerprint density at radius 3 is 2.43 bits per heavy atom. The second-order valence-corrected chi connectivity index (χ2v) is 5.53. The van der Waals surface area contributed by atoms with Crippen molar-refractivity contribution in [3.8, 4) is 11.5 Å². The first kappa shape index (κ1) is 17.0. The number of carbonyl (C=O) groups is 1. The minimum Gasteiger partial charge on any atom is -0.462 e. The molecule has 2 aromatic carbocycles. The molecule has 0 aliphatic carbocycles. The van der Waals surface area contributed by atoms with Gasteiger partial charge in [0.2, 0.25) is 0 Å². The maximum Gasteiger partial charge on any atom is 0.338 e. The van der Waals surface area contributed by atoms with E-state index in [1.807, 2.05) is 0 Å². The Labute approximate surface area is 141 Å². The normalized spacial score (nSPS) is 10.2. The number of aryl methyl sites for hydroxylation is 1. The third kappa shape index (κ3) is 4.07. The Balaban J connectivity index is 2.23. The number of hydrogen-bond acceptors (Lipinski definition) is 5. The predicted octanol–water partition coefficient (Wildman–Crippen LogP) is 4.63. The smallest absolute Gasteiger partial charge is 0.338 e. The molecule has 7 heteroatoms. The lowest BCUT2D eigenvalue weighted by atomic mass is 10.2. The number of nitro groups is 1. The summed E-state index contributed by atoms with van der Waals surface area (Å²) in [6, 6.07) is 9.30. The molecular formula is C16H14BrNO5. The lowest BCUT2D eigenvalue weighted by molar-refractivity contribution is -0.385. The van der Waals surface area contributed by atoms with Gasteiger partial charge in [0, 0.05) is 12.1 Å². The Hall–Kier alpha value is -2.41. The van der Waals surface area contributed by atoms with Crippen LogP contribution in [-0.4, -0.2) is 17.5 Å². The SMILES string of the molecule is CCOC(=O)c1ccc(Oc2c(C)cc([N+](=O)[O-])cc2Br)cc1. The van der Waals surface area contributed by atoms with Gasteiger partial charge in [-0.15, -0.1) is 0 Å². The first-order chi connectivity index (χ1) is 10.9. The molecule has 0 N–H and O–H groups in total. The summed E-state index contributed by atoms with van der Waals surface area (Å²) in [6.07, 6.45) is 0. The van der Waals surface area contributed by atoms with E-state index in [9.17, 15) is 14.9 Å². The van der Waals surface area contributed by atoms with Crippen LogP contribution in [0.3, 0.4) is 0 Å². The Morgan fingerprint density at radius 2 is 1.91 bits per heavy atom. The molecule has 0 heterocycles. The average molecular weight is 380 g/mol. The van der Waals surface area contributed by atoms with Gasteiger partial charge in [0.25, 0.3) is 5.69 Å². The van der Waals surface area contributed by atoms with Crippen molar-refractivity contribution in [2.45, 2.75) is 13.8 Å². The van der Waals surface area contributed by atoms with Crippen molar-refractivity contribution >= 4 is 27.6 Å². The van der Waals surface area contributed by atoms with E-state index < -0.39 is 10.9 Å². The first-order valence-electron chi connectivity index (χ1n) is 6.82. The molecule has 0 saturated carbocycles. The molecule has 0 aromatic heterocycles. The van der Waals surface area contributed by atoms with E-state index in [1.165, 1.54) is 12.1 Å². The van der Waals surface area contributed by atoms with E-state index in [0.717, 1.165) is 0 Å². The Morgan fingerprint density at radius 1 is 1.26 bits per heavy atom. The van der Waals surface area contributed by atoms with Gasteiger partial charge >= 0.3 is 5.97 Å². The number of nitro benzene ring substituents is 1. The summed E-state index contributed by atoms with van der Waals surface area (Å²) in [5, 5.41) is 10.8. The first-order valence-corrected chi connectivity index (χ1v) is 7.61. The maximum atomic E-state index is 11.6. The molecule has 0 amide bonds. The second kappa shape index (κ2) is 7.23. The zero-order valence-corrected chi connectivity index (χ0v) is 14.1. The molecule has 120 valence electrons. The fraction of sp³-hybridized carbons (Fsp3) is 0.188. The van der Waals surface area contributed by atoms with Crippen molar-refractivity contribution in [2.24, 2.45) is 0 Å². The minimum atomic E-state index is -0.463. The molecule has 0 bridgehead atoms. The van der Waals surface area contributed by atoms with Crippen LogP contribution in [0.2, 0.25) is 0 Å².